The standard InChI is InChI=1S/C15H19N3O3.ClH/c1-20-10-9-16-7-8-17-14(19)13-11-21-15(18-13)12-5-3-2-4-6-12;/h2-6,11,16H,7-10H2,1H3,(H,17,19);1H. The number of halogens is 1. The molecule has 0 saturated heterocycles. The number of carbonyl (C=O) groups excluding carboxylic acids is 1. The van der Waals surface area contributed by atoms with Crippen molar-refractivity contribution in [3.8, 4) is 11.5 Å². The molecule has 0 saturated carbocycles. The Bertz CT molecular complexity index is 560. The van der Waals surface area contributed by atoms with Gasteiger partial charge in [-0.2, -0.15) is 0 Å². The van der Waals surface area contributed by atoms with Gasteiger partial charge in [0.15, 0.2) is 5.69 Å². The summed E-state index contributed by atoms with van der Waals surface area (Å²) in [5, 5.41) is 5.92. The molecule has 0 bridgehead atoms. The summed E-state index contributed by atoms with van der Waals surface area (Å²) in [6, 6.07) is 9.47. The number of aromatic nitrogens is 1. The Morgan fingerprint density at radius 2 is 2.00 bits per heavy atom. The first-order chi connectivity index (χ1) is 10.3. The van der Waals surface area contributed by atoms with Crippen LogP contribution in [0.2, 0.25) is 0 Å². The van der Waals surface area contributed by atoms with Gasteiger partial charge in [-0.05, 0) is 12.1 Å². The first kappa shape index (κ1) is 18.2. The fourth-order valence-electron chi connectivity index (χ4n) is 1.75. The van der Waals surface area contributed by atoms with Crippen molar-refractivity contribution in [2.45, 2.75) is 0 Å². The van der Waals surface area contributed by atoms with Crippen LogP contribution in [-0.4, -0.2) is 44.2 Å². The number of oxazole rings is 1. The maximum Gasteiger partial charge on any atom is 0.273 e. The van der Waals surface area contributed by atoms with Crippen molar-refractivity contribution in [2.24, 2.45) is 0 Å². The van der Waals surface area contributed by atoms with Gasteiger partial charge in [-0.15, -0.1) is 12.4 Å². The Kier molecular flexibility index (Phi) is 8.21. The number of nitrogens with zero attached hydrogens (tertiary/aromatic N) is 1. The second kappa shape index (κ2) is 9.94. The fourth-order valence-corrected chi connectivity index (χ4v) is 1.75. The number of methoxy groups -OCH3 is 1. The van der Waals surface area contributed by atoms with Crippen LogP contribution >= 0.6 is 12.4 Å². The van der Waals surface area contributed by atoms with E-state index in [2.05, 4.69) is 15.6 Å². The summed E-state index contributed by atoms with van der Waals surface area (Å²) in [7, 11) is 1.65. The molecule has 7 heteroatoms. The van der Waals surface area contributed by atoms with Crippen LogP contribution in [0.15, 0.2) is 41.0 Å². The lowest BCUT2D eigenvalue weighted by atomic mass is 10.2. The third-order valence-corrected chi connectivity index (χ3v) is 2.83. The molecule has 0 aliphatic rings. The highest BCUT2D eigenvalue weighted by atomic mass is 35.5. The van der Waals surface area contributed by atoms with Crippen LogP contribution in [-0.2, 0) is 4.74 Å². The predicted octanol–water partition coefficient (Wildman–Crippen LogP) is 1.73. The molecule has 6 nitrogen and oxygen atoms in total. The molecule has 0 unspecified atom stereocenters. The zero-order valence-corrected chi connectivity index (χ0v) is 13.2. The molecular formula is C15H20ClN3O3. The van der Waals surface area contributed by atoms with Gasteiger partial charge < -0.3 is 19.8 Å². The minimum absolute atomic E-state index is 0. The van der Waals surface area contributed by atoms with Crippen LogP contribution in [0.3, 0.4) is 0 Å². The Hall–Kier alpha value is -1.89. The Labute approximate surface area is 135 Å². The number of carbonyl (C=O) groups is 1. The van der Waals surface area contributed by atoms with Crippen molar-refractivity contribution in [3.63, 3.8) is 0 Å². The molecule has 2 N–H and O–H groups in total. The van der Waals surface area contributed by atoms with Crippen LogP contribution in [0.25, 0.3) is 11.5 Å². The van der Waals surface area contributed by atoms with Crippen LogP contribution in [0, 0.1) is 0 Å². The number of hydrogen-bond donors (Lipinski definition) is 2. The lowest BCUT2D eigenvalue weighted by Crippen LogP contribution is -2.33. The monoisotopic (exact) mass is 325 g/mol. The third-order valence-electron chi connectivity index (χ3n) is 2.83. The van der Waals surface area contributed by atoms with Crippen LogP contribution in [0.4, 0.5) is 0 Å². The largest absolute Gasteiger partial charge is 0.444 e. The maximum atomic E-state index is 11.9. The zero-order valence-electron chi connectivity index (χ0n) is 12.4. The smallest absolute Gasteiger partial charge is 0.273 e. The van der Waals surface area contributed by atoms with Gasteiger partial charge in [-0.3, -0.25) is 4.79 Å². The van der Waals surface area contributed by atoms with E-state index in [1.54, 1.807) is 7.11 Å². The van der Waals surface area contributed by atoms with Gasteiger partial charge in [0.25, 0.3) is 5.91 Å². The molecule has 1 aromatic carbocycles. The van der Waals surface area contributed by atoms with Gasteiger partial charge in [-0.25, -0.2) is 4.98 Å². The van der Waals surface area contributed by atoms with E-state index in [-0.39, 0.29) is 24.0 Å². The maximum absolute atomic E-state index is 11.9. The van der Waals surface area contributed by atoms with Gasteiger partial charge in [0.1, 0.15) is 6.26 Å². The number of amides is 1. The van der Waals surface area contributed by atoms with Gasteiger partial charge in [0.05, 0.1) is 6.61 Å². The number of nitrogens with one attached hydrogen (secondary N) is 2. The second-order valence-electron chi connectivity index (χ2n) is 4.40. The third kappa shape index (κ3) is 5.48. The Balaban J connectivity index is 0.00000242. The predicted molar refractivity (Wildman–Crippen MR) is 86.3 cm³/mol. The van der Waals surface area contributed by atoms with E-state index in [1.165, 1.54) is 6.26 Å². The highest BCUT2D eigenvalue weighted by molar-refractivity contribution is 5.92. The van der Waals surface area contributed by atoms with Gasteiger partial charge in [0, 0.05) is 32.3 Å². The van der Waals surface area contributed by atoms with Crippen LogP contribution in [0.5, 0.6) is 0 Å². The minimum Gasteiger partial charge on any atom is -0.444 e. The zero-order chi connectivity index (χ0) is 14.9. The van der Waals surface area contributed by atoms with E-state index in [0.717, 1.165) is 12.1 Å². The SMILES string of the molecule is COCCNCCNC(=O)c1coc(-c2ccccc2)n1.Cl. The normalized spacial score (nSPS) is 10.0. The lowest BCUT2D eigenvalue weighted by molar-refractivity contribution is 0.0948. The molecule has 0 aliphatic carbocycles. The molecule has 0 atom stereocenters. The van der Waals surface area contributed by atoms with E-state index in [0.29, 0.717) is 25.6 Å². The summed E-state index contributed by atoms with van der Waals surface area (Å²) < 4.78 is 10.2. The van der Waals surface area contributed by atoms with E-state index in [4.69, 9.17) is 9.15 Å². The number of ether oxygens (including phenoxy) is 1. The second-order valence-corrected chi connectivity index (χ2v) is 4.40. The van der Waals surface area contributed by atoms with Crippen molar-refractivity contribution in [3.05, 3.63) is 42.3 Å². The quantitative estimate of drug-likeness (QED) is 0.723. The topological polar surface area (TPSA) is 76.4 Å². The molecule has 22 heavy (non-hydrogen) atoms. The molecule has 2 rings (SSSR count). The summed E-state index contributed by atoms with van der Waals surface area (Å²) in [5.74, 6) is 0.202. The summed E-state index contributed by atoms with van der Waals surface area (Å²) in [5.41, 5.74) is 1.13. The molecule has 0 aliphatic heterocycles. The van der Waals surface area contributed by atoms with Crippen LogP contribution in [0.1, 0.15) is 10.5 Å². The molecule has 1 heterocycles. The fraction of sp³-hybridized carbons (Fsp3) is 0.333. The average molecular weight is 326 g/mol. The number of benzene rings is 1. The average Bonchev–Trinajstić information content (AvgIpc) is 3.01. The molecule has 1 amide bonds. The van der Waals surface area contributed by atoms with E-state index >= 15 is 0 Å². The Morgan fingerprint density at radius 3 is 2.73 bits per heavy atom. The van der Waals surface area contributed by atoms with Crippen molar-refractivity contribution in [2.75, 3.05) is 33.4 Å². The number of hydrogen-bond acceptors (Lipinski definition) is 5. The summed E-state index contributed by atoms with van der Waals surface area (Å²) in [6.07, 6.45) is 1.37. The van der Waals surface area contributed by atoms with E-state index < -0.39 is 0 Å². The van der Waals surface area contributed by atoms with Crippen molar-refractivity contribution in [1.29, 1.82) is 0 Å². The molecular weight excluding hydrogens is 306 g/mol. The highest BCUT2D eigenvalue weighted by Crippen LogP contribution is 2.17. The lowest BCUT2D eigenvalue weighted by Gasteiger charge is -2.04. The molecule has 0 fully saturated rings. The van der Waals surface area contributed by atoms with Crippen molar-refractivity contribution >= 4 is 18.3 Å². The van der Waals surface area contributed by atoms with Crippen molar-refractivity contribution in [1.82, 2.24) is 15.6 Å². The molecule has 0 radical (unpaired) electrons. The molecule has 1 aromatic heterocycles. The number of rotatable bonds is 8. The van der Waals surface area contributed by atoms with Gasteiger partial charge in [0.2, 0.25) is 5.89 Å². The minimum atomic E-state index is -0.241. The molecule has 2 aromatic rings. The van der Waals surface area contributed by atoms with Gasteiger partial charge >= 0.3 is 0 Å². The van der Waals surface area contributed by atoms with E-state index in [1.807, 2.05) is 30.3 Å². The molecule has 120 valence electrons. The van der Waals surface area contributed by atoms with E-state index in [9.17, 15) is 4.79 Å². The summed E-state index contributed by atoms with van der Waals surface area (Å²) in [4.78, 5) is 16.1. The first-order valence-electron chi connectivity index (χ1n) is 6.80. The first-order valence-corrected chi connectivity index (χ1v) is 6.80. The van der Waals surface area contributed by atoms with Crippen LogP contribution < -0.4 is 10.6 Å². The van der Waals surface area contributed by atoms with Gasteiger partial charge in [-0.1, -0.05) is 18.2 Å². The van der Waals surface area contributed by atoms with Crippen molar-refractivity contribution < 1.29 is 13.9 Å². The summed E-state index contributed by atoms with van der Waals surface area (Å²) in [6.45, 7) is 2.61. The molecule has 0 spiro atoms. The highest BCUT2D eigenvalue weighted by Gasteiger charge is 2.12. The summed E-state index contributed by atoms with van der Waals surface area (Å²) >= 11 is 0. The Morgan fingerprint density at radius 1 is 1.23 bits per heavy atom.